The molecule has 0 saturated carbocycles. The summed E-state index contributed by atoms with van der Waals surface area (Å²) < 4.78 is 10.9. The summed E-state index contributed by atoms with van der Waals surface area (Å²) in [6.07, 6.45) is 2.15. The fraction of sp³-hybridized carbons (Fsp3) is 0.500. The molecule has 1 atom stereocenters. The lowest BCUT2D eigenvalue weighted by atomic mass is 10.2. The first kappa shape index (κ1) is 17.8. The van der Waals surface area contributed by atoms with Crippen LogP contribution in [0.5, 0.6) is 0 Å². The van der Waals surface area contributed by atoms with Crippen LogP contribution in [0.3, 0.4) is 0 Å². The Balaban J connectivity index is 1.41. The highest BCUT2D eigenvalue weighted by Gasteiger charge is 2.17. The third kappa shape index (κ3) is 5.25. The van der Waals surface area contributed by atoms with Gasteiger partial charge >= 0.3 is 0 Å². The van der Waals surface area contributed by atoms with E-state index in [1.165, 1.54) is 29.2 Å². The molecule has 0 aliphatic carbocycles. The monoisotopic (exact) mass is 383 g/mol. The van der Waals surface area contributed by atoms with Gasteiger partial charge in [-0.15, -0.1) is 10.2 Å². The summed E-state index contributed by atoms with van der Waals surface area (Å²) in [5.41, 5.74) is 0.176. The maximum atomic E-state index is 11.9. The molecule has 3 rings (SSSR count). The minimum absolute atomic E-state index is 0.0839. The van der Waals surface area contributed by atoms with Crippen molar-refractivity contribution in [1.29, 1.82) is 0 Å². The highest BCUT2D eigenvalue weighted by Crippen LogP contribution is 2.25. The molecule has 11 heteroatoms. The molecule has 2 N–H and O–H groups in total. The first-order valence-electron chi connectivity index (χ1n) is 7.69. The Kier molecular flexibility index (Phi) is 6.00. The van der Waals surface area contributed by atoms with Crippen molar-refractivity contribution in [3.63, 3.8) is 0 Å². The third-order valence-electron chi connectivity index (χ3n) is 3.37. The SMILES string of the molecule is Cc1cc(C(=O)Nc2nnc(SCC(=O)NC[C@@H]3CCCO3)s2)no1. The number of aromatic nitrogens is 3. The fourth-order valence-corrected chi connectivity index (χ4v) is 3.74. The number of amides is 2. The first-order chi connectivity index (χ1) is 12.1. The lowest BCUT2D eigenvalue weighted by Crippen LogP contribution is -2.32. The van der Waals surface area contributed by atoms with Crippen molar-refractivity contribution < 1.29 is 18.8 Å². The number of rotatable bonds is 7. The van der Waals surface area contributed by atoms with Gasteiger partial charge in [0.25, 0.3) is 5.91 Å². The average molecular weight is 383 g/mol. The van der Waals surface area contributed by atoms with E-state index in [1.54, 1.807) is 6.92 Å². The average Bonchev–Trinajstić information content (AvgIpc) is 3.33. The summed E-state index contributed by atoms with van der Waals surface area (Å²) in [5.74, 6) is 0.281. The van der Waals surface area contributed by atoms with Crippen LogP contribution in [-0.4, -0.2) is 52.2 Å². The molecule has 1 aliphatic heterocycles. The summed E-state index contributed by atoms with van der Waals surface area (Å²) in [6, 6.07) is 1.53. The summed E-state index contributed by atoms with van der Waals surface area (Å²) in [7, 11) is 0. The van der Waals surface area contributed by atoms with Crippen LogP contribution in [0.2, 0.25) is 0 Å². The molecule has 0 spiro atoms. The molecule has 0 unspecified atom stereocenters. The van der Waals surface area contributed by atoms with Crippen LogP contribution in [0.15, 0.2) is 14.9 Å². The van der Waals surface area contributed by atoms with Crippen LogP contribution in [0, 0.1) is 6.92 Å². The number of ether oxygens (including phenoxy) is 1. The predicted octanol–water partition coefficient (Wildman–Crippen LogP) is 1.47. The standard InChI is InChI=1S/C14H17N5O4S2/c1-8-5-10(19-23-8)12(21)16-13-17-18-14(25-13)24-7-11(20)15-6-9-3-2-4-22-9/h5,9H,2-4,6-7H2,1H3,(H,15,20)(H,16,17,21)/t9-/m0/s1. The van der Waals surface area contributed by atoms with Crippen molar-refractivity contribution in [2.75, 3.05) is 24.2 Å². The van der Waals surface area contributed by atoms with Gasteiger partial charge in [-0.1, -0.05) is 28.3 Å². The van der Waals surface area contributed by atoms with Crippen molar-refractivity contribution in [2.24, 2.45) is 0 Å². The fourth-order valence-electron chi connectivity index (χ4n) is 2.16. The van der Waals surface area contributed by atoms with Crippen LogP contribution in [0.1, 0.15) is 29.1 Å². The molecule has 134 valence electrons. The molecule has 25 heavy (non-hydrogen) atoms. The highest BCUT2D eigenvalue weighted by atomic mass is 32.2. The van der Waals surface area contributed by atoms with Crippen molar-refractivity contribution in [2.45, 2.75) is 30.2 Å². The Morgan fingerprint density at radius 3 is 3.04 bits per heavy atom. The number of hydrogen-bond acceptors (Lipinski definition) is 9. The predicted molar refractivity (Wildman–Crippen MR) is 91.8 cm³/mol. The highest BCUT2D eigenvalue weighted by molar-refractivity contribution is 8.01. The van der Waals surface area contributed by atoms with E-state index in [4.69, 9.17) is 9.26 Å². The van der Waals surface area contributed by atoms with Gasteiger partial charge in [0.05, 0.1) is 11.9 Å². The molecular weight excluding hydrogens is 366 g/mol. The van der Waals surface area contributed by atoms with Gasteiger partial charge in [0.15, 0.2) is 10.0 Å². The van der Waals surface area contributed by atoms with E-state index in [-0.39, 0.29) is 23.5 Å². The van der Waals surface area contributed by atoms with Crippen molar-refractivity contribution >= 4 is 40.0 Å². The smallest absolute Gasteiger partial charge is 0.279 e. The van der Waals surface area contributed by atoms with Crippen molar-refractivity contribution in [1.82, 2.24) is 20.7 Å². The van der Waals surface area contributed by atoms with Gasteiger partial charge in [-0.3, -0.25) is 14.9 Å². The summed E-state index contributed by atoms with van der Waals surface area (Å²) in [5, 5.41) is 17.2. The topological polar surface area (TPSA) is 119 Å². The molecule has 0 bridgehead atoms. The Morgan fingerprint density at radius 1 is 1.44 bits per heavy atom. The number of thioether (sulfide) groups is 1. The van der Waals surface area contributed by atoms with Crippen LogP contribution in [0.25, 0.3) is 0 Å². The number of aryl methyl sites for hydroxylation is 1. The van der Waals surface area contributed by atoms with Gasteiger partial charge in [-0.25, -0.2) is 0 Å². The van der Waals surface area contributed by atoms with E-state index >= 15 is 0 Å². The molecule has 1 saturated heterocycles. The Bertz CT molecular complexity index is 741. The summed E-state index contributed by atoms with van der Waals surface area (Å²) in [4.78, 5) is 23.8. The molecular formula is C14H17N5O4S2. The second kappa shape index (κ2) is 8.41. The van der Waals surface area contributed by atoms with E-state index < -0.39 is 5.91 Å². The van der Waals surface area contributed by atoms with Gasteiger partial charge in [0.2, 0.25) is 11.0 Å². The molecule has 2 amide bonds. The normalized spacial score (nSPS) is 16.8. The molecule has 0 radical (unpaired) electrons. The second-order valence-corrected chi connectivity index (χ2v) is 7.58. The van der Waals surface area contributed by atoms with Crippen LogP contribution < -0.4 is 10.6 Å². The van der Waals surface area contributed by atoms with E-state index in [0.29, 0.717) is 21.8 Å². The van der Waals surface area contributed by atoms with Crippen LogP contribution >= 0.6 is 23.1 Å². The zero-order chi connectivity index (χ0) is 17.6. The molecule has 0 aromatic carbocycles. The minimum Gasteiger partial charge on any atom is -0.376 e. The van der Waals surface area contributed by atoms with Gasteiger partial charge in [0, 0.05) is 19.2 Å². The number of carbonyl (C=O) groups is 2. The first-order valence-corrected chi connectivity index (χ1v) is 9.49. The minimum atomic E-state index is -0.418. The molecule has 2 aromatic rings. The largest absolute Gasteiger partial charge is 0.376 e. The molecule has 2 aromatic heterocycles. The number of nitrogens with zero attached hydrogens (tertiary/aromatic N) is 3. The van der Waals surface area contributed by atoms with Crippen molar-refractivity contribution in [3.8, 4) is 0 Å². The van der Waals surface area contributed by atoms with E-state index in [9.17, 15) is 9.59 Å². The van der Waals surface area contributed by atoms with Crippen LogP contribution in [-0.2, 0) is 9.53 Å². The van der Waals surface area contributed by atoms with E-state index in [0.717, 1.165) is 19.4 Å². The van der Waals surface area contributed by atoms with Gasteiger partial charge < -0.3 is 14.6 Å². The maximum Gasteiger partial charge on any atom is 0.279 e. The number of hydrogen-bond donors (Lipinski definition) is 2. The van der Waals surface area contributed by atoms with Gasteiger partial charge in [-0.2, -0.15) is 0 Å². The quantitative estimate of drug-likeness (QED) is 0.545. The zero-order valence-corrected chi connectivity index (χ0v) is 15.1. The molecule has 1 aliphatic rings. The van der Waals surface area contributed by atoms with Gasteiger partial charge in [-0.05, 0) is 19.8 Å². The lowest BCUT2D eigenvalue weighted by Gasteiger charge is -2.09. The summed E-state index contributed by atoms with van der Waals surface area (Å²) >= 11 is 2.46. The Morgan fingerprint density at radius 2 is 2.32 bits per heavy atom. The number of nitrogens with one attached hydrogen (secondary N) is 2. The molecule has 1 fully saturated rings. The number of carbonyl (C=O) groups excluding carboxylic acids is 2. The Labute approximate surface area is 151 Å². The van der Waals surface area contributed by atoms with Crippen LogP contribution in [0.4, 0.5) is 5.13 Å². The third-order valence-corrected chi connectivity index (χ3v) is 5.34. The molecule has 3 heterocycles. The molecule has 9 nitrogen and oxygen atoms in total. The van der Waals surface area contributed by atoms with Crippen molar-refractivity contribution in [3.05, 3.63) is 17.5 Å². The van der Waals surface area contributed by atoms with E-state index in [1.807, 2.05) is 0 Å². The zero-order valence-electron chi connectivity index (χ0n) is 13.5. The maximum absolute atomic E-state index is 11.9. The summed E-state index contributed by atoms with van der Waals surface area (Å²) in [6.45, 7) is 3.00. The van der Waals surface area contributed by atoms with E-state index in [2.05, 4.69) is 26.0 Å². The second-order valence-electron chi connectivity index (χ2n) is 5.38. The lowest BCUT2D eigenvalue weighted by molar-refractivity contribution is -0.119. The van der Waals surface area contributed by atoms with Gasteiger partial charge in [0.1, 0.15) is 5.76 Å². The Hall–Kier alpha value is -1.98. The number of anilines is 1.